The number of aliphatic hydroxyl groups is 1. The fourth-order valence-electron chi connectivity index (χ4n) is 1.87. The zero-order chi connectivity index (χ0) is 16.7. The summed E-state index contributed by atoms with van der Waals surface area (Å²) in [6, 6.07) is 7.70. The van der Waals surface area contributed by atoms with E-state index in [-0.39, 0.29) is 30.8 Å². The molecule has 5 heteroatoms. The van der Waals surface area contributed by atoms with Crippen LogP contribution in [-0.4, -0.2) is 30.0 Å². The van der Waals surface area contributed by atoms with Gasteiger partial charge in [-0.25, -0.2) is 0 Å². The van der Waals surface area contributed by atoms with Crippen LogP contribution in [0.2, 0.25) is 0 Å². The van der Waals surface area contributed by atoms with Crippen LogP contribution in [0.5, 0.6) is 0 Å². The second-order valence-corrected chi connectivity index (χ2v) is 6.01. The van der Waals surface area contributed by atoms with Gasteiger partial charge in [0, 0.05) is 12.5 Å². The van der Waals surface area contributed by atoms with Crippen LogP contribution in [-0.2, 0) is 9.59 Å². The Morgan fingerprint density at radius 2 is 1.55 bits per heavy atom. The summed E-state index contributed by atoms with van der Waals surface area (Å²) in [5.74, 6) is -0.194. The van der Waals surface area contributed by atoms with Crippen molar-refractivity contribution in [2.75, 3.05) is 13.1 Å². The Bertz CT molecular complexity index is 495. The molecule has 0 bridgehead atoms. The zero-order valence-corrected chi connectivity index (χ0v) is 13.7. The van der Waals surface area contributed by atoms with E-state index in [2.05, 4.69) is 24.5 Å². The van der Waals surface area contributed by atoms with E-state index in [1.807, 2.05) is 24.3 Å². The number of aliphatic hydroxyl groups excluding tert-OH is 1. The molecule has 3 N–H and O–H groups in total. The first-order valence-corrected chi connectivity index (χ1v) is 7.63. The molecule has 122 valence electrons. The average Bonchev–Trinajstić information content (AvgIpc) is 2.50. The highest BCUT2D eigenvalue weighted by Crippen LogP contribution is 2.18. The summed E-state index contributed by atoms with van der Waals surface area (Å²) in [4.78, 5) is 23.0. The highest BCUT2D eigenvalue weighted by molar-refractivity contribution is 5.85. The van der Waals surface area contributed by atoms with Crippen LogP contribution in [0.25, 0.3) is 0 Å². The van der Waals surface area contributed by atoms with Gasteiger partial charge in [-0.3, -0.25) is 9.59 Å². The van der Waals surface area contributed by atoms with Gasteiger partial charge >= 0.3 is 0 Å². The lowest BCUT2D eigenvalue weighted by atomic mass is 10.00. The van der Waals surface area contributed by atoms with E-state index in [0.29, 0.717) is 5.92 Å². The van der Waals surface area contributed by atoms with Crippen LogP contribution >= 0.6 is 0 Å². The minimum atomic E-state index is -0.758. The minimum absolute atomic E-state index is 0.0734. The highest BCUT2D eigenvalue weighted by atomic mass is 16.3. The van der Waals surface area contributed by atoms with Crippen molar-refractivity contribution < 1.29 is 14.7 Å². The van der Waals surface area contributed by atoms with Gasteiger partial charge in [0.25, 0.3) is 0 Å². The molecule has 0 aliphatic carbocycles. The molecule has 0 heterocycles. The maximum atomic E-state index is 11.6. The molecule has 1 rings (SSSR count). The van der Waals surface area contributed by atoms with E-state index in [1.165, 1.54) is 5.56 Å². The number of hydrogen-bond acceptors (Lipinski definition) is 3. The molecule has 0 saturated heterocycles. The monoisotopic (exact) mass is 306 g/mol. The lowest BCUT2D eigenvalue weighted by Crippen LogP contribution is -2.39. The normalized spacial score (nSPS) is 12.3. The number of hydrogen-bond donors (Lipinski definition) is 3. The Labute approximate surface area is 132 Å². The maximum absolute atomic E-state index is 11.6. The number of carbonyl (C=O) groups excluding carboxylic acids is 2. The predicted octanol–water partition coefficient (Wildman–Crippen LogP) is 1.73. The van der Waals surface area contributed by atoms with Gasteiger partial charge in [0.05, 0.1) is 12.6 Å². The third kappa shape index (κ3) is 5.85. The Morgan fingerprint density at radius 3 is 2.05 bits per heavy atom. The van der Waals surface area contributed by atoms with Gasteiger partial charge in [0.2, 0.25) is 11.8 Å². The van der Waals surface area contributed by atoms with Crippen molar-refractivity contribution in [3.05, 3.63) is 35.4 Å². The fourth-order valence-corrected chi connectivity index (χ4v) is 1.87. The average molecular weight is 306 g/mol. The standard InChI is InChI=1S/C17H26N2O3/c1-11(2)13-5-7-14(8-6-13)15(20)9-18-16(21)10-19-17(22)12(3)4/h5-8,11-12,15,20H,9-10H2,1-4H3,(H,18,21)(H,19,22). The molecule has 0 aliphatic rings. The van der Waals surface area contributed by atoms with Gasteiger partial charge in [0.15, 0.2) is 0 Å². The van der Waals surface area contributed by atoms with Gasteiger partial charge < -0.3 is 15.7 Å². The van der Waals surface area contributed by atoms with E-state index in [9.17, 15) is 14.7 Å². The van der Waals surface area contributed by atoms with E-state index in [1.54, 1.807) is 13.8 Å². The summed E-state index contributed by atoms with van der Waals surface area (Å²) in [5.41, 5.74) is 1.97. The topological polar surface area (TPSA) is 78.4 Å². The molecule has 1 aromatic rings. The van der Waals surface area contributed by atoms with Crippen molar-refractivity contribution in [1.82, 2.24) is 10.6 Å². The summed E-state index contributed by atoms with van der Waals surface area (Å²) >= 11 is 0. The number of rotatable bonds is 7. The molecule has 0 fully saturated rings. The van der Waals surface area contributed by atoms with Gasteiger partial charge in [-0.2, -0.15) is 0 Å². The molecule has 1 atom stereocenters. The molecule has 0 aliphatic heterocycles. The number of benzene rings is 1. The Balaban J connectivity index is 2.40. The van der Waals surface area contributed by atoms with Crippen LogP contribution in [0.1, 0.15) is 50.8 Å². The predicted molar refractivity (Wildman–Crippen MR) is 86.3 cm³/mol. The molecular formula is C17H26N2O3. The zero-order valence-electron chi connectivity index (χ0n) is 13.7. The second kappa shape index (κ2) is 8.54. The third-order valence-electron chi connectivity index (χ3n) is 3.43. The molecule has 0 saturated carbocycles. The van der Waals surface area contributed by atoms with Gasteiger partial charge in [0.1, 0.15) is 0 Å². The number of nitrogens with one attached hydrogen (secondary N) is 2. The molecule has 1 aromatic carbocycles. The van der Waals surface area contributed by atoms with Crippen LogP contribution in [0.3, 0.4) is 0 Å². The van der Waals surface area contributed by atoms with Crippen molar-refractivity contribution in [3.8, 4) is 0 Å². The number of carbonyl (C=O) groups is 2. The lowest BCUT2D eigenvalue weighted by molar-refractivity contribution is -0.128. The van der Waals surface area contributed by atoms with Crippen LogP contribution < -0.4 is 10.6 Å². The molecular weight excluding hydrogens is 280 g/mol. The Kier molecular flexibility index (Phi) is 7.05. The smallest absolute Gasteiger partial charge is 0.239 e. The Hall–Kier alpha value is -1.88. The quantitative estimate of drug-likeness (QED) is 0.718. The largest absolute Gasteiger partial charge is 0.387 e. The highest BCUT2D eigenvalue weighted by Gasteiger charge is 2.12. The van der Waals surface area contributed by atoms with Gasteiger partial charge in [-0.15, -0.1) is 0 Å². The molecule has 1 unspecified atom stereocenters. The van der Waals surface area contributed by atoms with E-state index in [4.69, 9.17) is 0 Å². The van der Waals surface area contributed by atoms with Gasteiger partial charge in [-0.05, 0) is 17.0 Å². The molecule has 22 heavy (non-hydrogen) atoms. The fraction of sp³-hybridized carbons (Fsp3) is 0.529. The second-order valence-electron chi connectivity index (χ2n) is 6.01. The van der Waals surface area contributed by atoms with Gasteiger partial charge in [-0.1, -0.05) is 52.0 Å². The molecule has 5 nitrogen and oxygen atoms in total. The molecule has 2 amide bonds. The number of amides is 2. The minimum Gasteiger partial charge on any atom is -0.387 e. The SMILES string of the molecule is CC(C)C(=O)NCC(=O)NCC(O)c1ccc(C(C)C)cc1. The van der Waals surface area contributed by atoms with E-state index < -0.39 is 6.10 Å². The molecule has 0 aromatic heterocycles. The molecule has 0 radical (unpaired) electrons. The summed E-state index contributed by atoms with van der Waals surface area (Å²) in [7, 11) is 0. The van der Waals surface area contributed by atoms with Crippen molar-refractivity contribution in [2.24, 2.45) is 5.92 Å². The molecule has 0 spiro atoms. The van der Waals surface area contributed by atoms with Crippen LogP contribution in [0.4, 0.5) is 0 Å². The maximum Gasteiger partial charge on any atom is 0.239 e. The van der Waals surface area contributed by atoms with E-state index in [0.717, 1.165) is 5.56 Å². The van der Waals surface area contributed by atoms with Crippen molar-refractivity contribution in [1.29, 1.82) is 0 Å². The first-order valence-electron chi connectivity index (χ1n) is 7.63. The summed E-state index contributed by atoms with van der Waals surface area (Å²) in [6.45, 7) is 7.79. The van der Waals surface area contributed by atoms with Crippen molar-refractivity contribution >= 4 is 11.8 Å². The summed E-state index contributed by atoms with van der Waals surface area (Å²) < 4.78 is 0. The van der Waals surface area contributed by atoms with Crippen LogP contribution in [0.15, 0.2) is 24.3 Å². The Morgan fingerprint density at radius 1 is 1.00 bits per heavy atom. The van der Waals surface area contributed by atoms with Crippen LogP contribution in [0, 0.1) is 5.92 Å². The van der Waals surface area contributed by atoms with Crippen molar-refractivity contribution in [3.63, 3.8) is 0 Å². The first-order chi connectivity index (χ1) is 10.3. The third-order valence-corrected chi connectivity index (χ3v) is 3.43. The summed E-state index contributed by atoms with van der Waals surface area (Å²) in [5, 5.41) is 15.2. The van der Waals surface area contributed by atoms with Crippen molar-refractivity contribution in [2.45, 2.75) is 39.7 Å². The first kappa shape index (κ1) is 18.2. The van der Waals surface area contributed by atoms with E-state index >= 15 is 0 Å². The lowest BCUT2D eigenvalue weighted by Gasteiger charge is -2.14. The summed E-state index contributed by atoms with van der Waals surface area (Å²) in [6.07, 6.45) is -0.758.